The van der Waals surface area contributed by atoms with E-state index < -0.39 is 0 Å². The van der Waals surface area contributed by atoms with Crippen LogP contribution in [0.2, 0.25) is 0 Å². The van der Waals surface area contributed by atoms with Gasteiger partial charge >= 0.3 is 6.03 Å². The summed E-state index contributed by atoms with van der Waals surface area (Å²) in [4.78, 5) is 12.9. The third-order valence-electron chi connectivity index (χ3n) is 6.10. The van der Waals surface area contributed by atoms with Crippen molar-refractivity contribution in [1.82, 2.24) is 5.32 Å². The molecule has 1 fully saturated rings. The van der Waals surface area contributed by atoms with E-state index in [0.29, 0.717) is 5.92 Å². The maximum atomic E-state index is 12.9. The van der Waals surface area contributed by atoms with Crippen molar-refractivity contribution in [3.8, 4) is 0 Å². The lowest BCUT2D eigenvalue weighted by Crippen LogP contribution is -2.41. The van der Waals surface area contributed by atoms with Crippen LogP contribution < -0.4 is 9.62 Å². The number of amides is 2. The van der Waals surface area contributed by atoms with Crippen molar-refractivity contribution in [3.05, 3.63) is 28.8 Å². The molecule has 1 aromatic carbocycles. The molecule has 0 aromatic heterocycles. The summed E-state index contributed by atoms with van der Waals surface area (Å²) >= 11 is 4.64. The molecule has 0 atom stereocenters. The molecule has 0 aliphatic heterocycles. The van der Waals surface area contributed by atoms with Crippen LogP contribution in [-0.2, 0) is 12.8 Å². The highest BCUT2D eigenvalue weighted by Crippen LogP contribution is 2.34. The fraction of sp³-hybridized carbons (Fsp3) is 0.696. The van der Waals surface area contributed by atoms with Gasteiger partial charge < -0.3 is 5.32 Å². The van der Waals surface area contributed by atoms with Crippen molar-refractivity contribution < 1.29 is 4.79 Å². The summed E-state index contributed by atoms with van der Waals surface area (Å²) in [7, 11) is 0. The standard InChI is InChI=1S/C23H38N2OS/c1-5-17(6-2)20-15-18(7-3)22(19(8-4)16-20)25(27)23(26)24-21-13-11-9-10-12-14-21/h15-17,21,27H,5-14H2,1-4H3,(H,24,26). The summed E-state index contributed by atoms with van der Waals surface area (Å²) in [5.74, 6) is 0.586. The van der Waals surface area contributed by atoms with Crippen molar-refractivity contribution in [2.75, 3.05) is 4.31 Å². The summed E-state index contributed by atoms with van der Waals surface area (Å²) in [6.07, 6.45) is 11.3. The van der Waals surface area contributed by atoms with Gasteiger partial charge in [0.15, 0.2) is 0 Å². The molecular weight excluding hydrogens is 352 g/mol. The third kappa shape index (κ3) is 5.66. The second-order valence-corrected chi connectivity index (χ2v) is 8.26. The molecule has 1 aromatic rings. The molecule has 0 saturated heterocycles. The predicted octanol–water partition coefficient (Wildman–Crippen LogP) is 6.80. The van der Waals surface area contributed by atoms with Crippen LogP contribution >= 0.6 is 12.8 Å². The highest BCUT2D eigenvalue weighted by molar-refractivity contribution is 7.82. The average molecular weight is 391 g/mol. The van der Waals surface area contributed by atoms with Crippen LogP contribution in [0.5, 0.6) is 0 Å². The Morgan fingerprint density at radius 1 is 1.04 bits per heavy atom. The fourth-order valence-corrected chi connectivity index (χ4v) is 4.67. The largest absolute Gasteiger partial charge is 0.334 e. The van der Waals surface area contributed by atoms with Crippen molar-refractivity contribution in [2.24, 2.45) is 0 Å². The van der Waals surface area contributed by atoms with E-state index in [-0.39, 0.29) is 12.1 Å². The van der Waals surface area contributed by atoms with Gasteiger partial charge in [-0.05, 0) is 61.1 Å². The minimum Gasteiger partial charge on any atom is -0.334 e. The molecule has 1 saturated carbocycles. The molecule has 0 bridgehead atoms. The number of thiol groups is 1. The van der Waals surface area contributed by atoms with E-state index in [2.05, 4.69) is 58.0 Å². The number of nitrogens with one attached hydrogen (secondary N) is 1. The van der Waals surface area contributed by atoms with E-state index in [4.69, 9.17) is 0 Å². The number of aryl methyl sites for hydroxylation is 2. The van der Waals surface area contributed by atoms with Gasteiger partial charge in [-0.2, -0.15) is 0 Å². The second kappa shape index (κ2) is 11.0. The van der Waals surface area contributed by atoms with Crippen LogP contribution in [0.3, 0.4) is 0 Å². The number of hydrogen-bond acceptors (Lipinski definition) is 2. The predicted molar refractivity (Wildman–Crippen MR) is 120 cm³/mol. The molecule has 0 spiro atoms. The van der Waals surface area contributed by atoms with Crippen molar-refractivity contribution in [1.29, 1.82) is 0 Å². The van der Waals surface area contributed by atoms with Crippen molar-refractivity contribution in [2.45, 2.75) is 104 Å². The van der Waals surface area contributed by atoms with Gasteiger partial charge in [0.05, 0.1) is 5.69 Å². The van der Waals surface area contributed by atoms with E-state index in [0.717, 1.165) is 44.2 Å². The van der Waals surface area contributed by atoms with Gasteiger partial charge in [0.1, 0.15) is 0 Å². The molecule has 0 radical (unpaired) electrons. The second-order valence-electron chi connectivity index (χ2n) is 7.86. The Hall–Kier alpha value is -1.16. The van der Waals surface area contributed by atoms with Crippen LogP contribution in [0.15, 0.2) is 12.1 Å². The van der Waals surface area contributed by atoms with Gasteiger partial charge in [-0.25, -0.2) is 9.10 Å². The van der Waals surface area contributed by atoms with E-state index in [1.807, 2.05) is 0 Å². The van der Waals surface area contributed by atoms with Gasteiger partial charge in [0.2, 0.25) is 0 Å². The minimum absolute atomic E-state index is 0.0788. The van der Waals surface area contributed by atoms with Crippen LogP contribution in [-0.4, -0.2) is 12.1 Å². The number of urea groups is 1. The van der Waals surface area contributed by atoms with Gasteiger partial charge in [-0.1, -0.05) is 78.3 Å². The first kappa shape index (κ1) is 22.1. The lowest BCUT2D eigenvalue weighted by molar-refractivity contribution is 0.245. The zero-order valence-electron chi connectivity index (χ0n) is 17.7. The zero-order chi connectivity index (χ0) is 19.8. The smallest absolute Gasteiger partial charge is 0.332 e. The minimum atomic E-state index is -0.0788. The van der Waals surface area contributed by atoms with Gasteiger partial charge in [0, 0.05) is 6.04 Å². The molecule has 3 nitrogen and oxygen atoms in total. The molecular formula is C23H38N2OS. The number of benzene rings is 1. The maximum absolute atomic E-state index is 12.9. The SMILES string of the molecule is CCc1cc(C(CC)CC)cc(CC)c1N(S)C(=O)NC1CCCCCC1. The maximum Gasteiger partial charge on any atom is 0.332 e. The Bertz CT molecular complexity index is 579. The molecule has 2 amide bonds. The normalized spacial score (nSPS) is 15.6. The number of carbonyl (C=O) groups is 1. The van der Waals surface area contributed by atoms with E-state index in [9.17, 15) is 4.79 Å². The Morgan fingerprint density at radius 3 is 2.00 bits per heavy atom. The fourth-order valence-electron chi connectivity index (χ4n) is 4.35. The molecule has 2 rings (SSSR count). The number of hydrogen-bond donors (Lipinski definition) is 2. The van der Waals surface area contributed by atoms with Crippen LogP contribution in [0, 0.1) is 0 Å². The topological polar surface area (TPSA) is 32.3 Å². The summed E-state index contributed by atoms with van der Waals surface area (Å²) < 4.78 is 1.57. The van der Waals surface area contributed by atoms with E-state index in [1.54, 1.807) is 4.31 Å². The van der Waals surface area contributed by atoms with Crippen LogP contribution in [0.4, 0.5) is 10.5 Å². The third-order valence-corrected chi connectivity index (χ3v) is 6.48. The van der Waals surface area contributed by atoms with Gasteiger partial charge in [-0.3, -0.25) is 0 Å². The highest BCUT2D eigenvalue weighted by atomic mass is 32.1. The first-order valence-corrected chi connectivity index (χ1v) is 11.4. The summed E-state index contributed by atoms with van der Waals surface area (Å²) in [5.41, 5.74) is 4.84. The zero-order valence-corrected chi connectivity index (χ0v) is 18.6. The van der Waals surface area contributed by atoms with E-state index in [1.165, 1.54) is 42.4 Å². The molecule has 0 unspecified atom stereocenters. The number of nitrogens with zero attached hydrogens (tertiary/aromatic N) is 1. The van der Waals surface area contributed by atoms with E-state index >= 15 is 0 Å². The lowest BCUT2D eigenvalue weighted by atomic mass is 9.89. The summed E-state index contributed by atoms with van der Waals surface area (Å²) in [6, 6.07) is 4.81. The number of anilines is 1. The molecule has 1 aliphatic carbocycles. The van der Waals surface area contributed by atoms with Crippen molar-refractivity contribution >= 4 is 24.5 Å². The monoisotopic (exact) mass is 390 g/mol. The number of rotatable bonds is 7. The summed E-state index contributed by atoms with van der Waals surface area (Å²) in [6.45, 7) is 8.84. The Kier molecular flexibility index (Phi) is 9.01. The quantitative estimate of drug-likeness (QED) is 0.389. The van der Waals surface area contributed by atoms with Gasteiger partial charge in [-0.15, -0.1) is 0 Å². The summed E-state index contributed by atoms with van der Waals surface area (Å²) in [5, 5.41) is 3.23. The lowest BCUT2D eigenvalue weighted by Gasteiger charge is -2.27. The number of carbonyl (C=O) groups excluding carboxylic acids is 1. The van der Waals surface area contributed by atoms with Crippen LogP contribution in [0.1, 0.15) is 102 Å². The Balaban J connectivity index is 2.27. The van der Waals surface area contributed by atoms with Gasteiger partial charge in [0.25, 0.3) is 0 Å². The molecule has 0 heterocycles. The van der Waals surface area contributed by atoms with Crippen LogP contribution in [0.25, 0.3) is 0 Å². The Morgan fingerprint density at radius 2 is 1.56 bits per heavy atom. The first-order valence-electron chi connectivity index (χ1n) is 11.0. The molecule has 27 heavy (non-hydrogen) atoms. The first-order chi connectivity index (χ1) is 13.0. The molecule has 152 valence electrons. The average Bonchev–Trinajstić information content (AvgIpc) is 2.96. The highest BCUT2D eigenvalue weighted by Gasteiger charge is 2.23. The molecule has 4 heteroatoms. The Labute approximate surface area is 171 Å². The molecule has 1 N–H and O–H groups in total. The van der Waals surface area contributed by atoms with Crippen molar-refractivity contribution in [3.63, 3.8) is 0 Å². The molecule has 1 aliphatic rings.